The van der Waals surface area contributed by atoms with Gasteiger partial charge < -0.3 is 20.3 Å². The van der Waals surface area contributed by atoms with Crippen molar-refractivity contribution < 1.29 is 14.3 Å². The number of nitrogens with zero attached hydrogens (tertiary/aromatic N) is 5. The first-order valence-corrected chi connectivity index (χ1v) is 9.08. The molecular weight excluding hydrogens is 362 g/mol. The maximum atomic E-state index is 12.6. The molecule has 0 spiro atoms. The number of methoxy groups -OCH3 is 1. The normalized spacial score (nSPS) is 19.1. The van der Waals surface area contributed by atoms with Crippen molar-refractivity contribution in [2.24, 2.45) is 13.0 Å². The lowest BCUT2D eigenvalue weighted by Gasteiger charge is -2.27. The number of hydrogen-bond acceptors (Lipinski definition) is 7. The van der Waals surface area contributed by atoms with E-state index < -0.39 is 0 Å². The second-order valence-corrected chi connectivity index (χ2v) is 6.68. The molecule has 10 nitrogen and oxygen atoms in total. The Labute approximate surface area is 163 Å². The molecule has 2 aromatic heterocycles. The SMILES string of the molecule is CNc1cnc(C(=O)NC[C@@H]2CC(=O)N(CCOC)[C@H]2c2cnn(C)c2)cn1. The summed E-state index contributed by atoms with van der Waals surface area (Å²) in [6.45, 7) is 1.30. The number of aromatic nitrogens is 4. The van der Waals surface area contributed by atoms with Crippen molar-refractivity contribution in [3.05, 3.63) is 36.0 Å². The molecular formula is C18H25N7O3. The fourth-order valence-corrected chi connectivity index (χ4v) is 3.43. The van der Waals surface area contributed by atoms with Gasteiger partial charge >= 0.3 is 0 Å². The monoisotopic (exact) mass is 387 g/mol. The second-order valence-electron chi connectivity index (χ2n) is 6.68. The highest BCUT2D eigenvalue weighted by Crippen LogP contribution is 2.37. The maximum Gasteiger partial charge on any atom is 0.271 e. The summed E-state index contributed by atoms with van der Waals surface area (Å²) in [5, 5.41) is 9.97. The molecule has 0 saturated carbocycles. The zero-order valence-electron chi connectivity index (χ0n) is 16.3. The van der Waals surface area contributed by atoms with E-state index in [2.05, 4.69) is 25.7 Å². The van der Waals surface area contributed by atoms with E-state index in [1.807, 2.05) is 13.2 Å². The fourth-order valence-electron chi connectivity index (χ4n) is 3.43. The number of carbonyl (C=O) groups is 2. The van der Waals surface area contributed by atoms with Gasteiger partial charge in [-0.2, -0.15) is 5.10 Å². The van der Waals surface area contributed by atoms with Crippen LogP contribution in [0.25, 0.3) is 0 Å². The first-order chi connectivity index (χ1) is 13.5. The molecule has 1 aliphatic rings. The van der Waals surface area contributed by atoms with Gasteiger partial charge in [0, 0.05) is 58.4 Å². The van der Waals surface area contributed by atoms with Crippen LogP contribution in [0.1, 0.15) is 28.5 Å². The molecule has 0 radical (unpaired) electrons. The van der Waals surface area contributed by atoms with Crippen LogP contribution >= 0.6 is 0 Å². The Morgan fingerprint density at radius 3 is 2.75 bits per heavy atom. The summed E-state index contributed by atoms with van der Waals surface area (Å²) < 4.78 is 6.86. The van der Waals surface area contributed by atoms with Gasteiger partial charge in [0.2, 0.25) is 5.91 Å². The quantitative estimate of drug-likeness (QED) is 0.666. The van der Waals surface area contributed by atoms with E-state index in [4.69, 9.17) is 4.74 Å². The lowest BCUT2D eigenvalue weighted by molar-refractivity contribution is -0.129. The van der Waals surface area contributed by atoms with Crippen LogP contribution in [-0.4, -0.2) is 70.3 Å². The highest BCUT2D eigenvalue weighted by atomic mass is 16.5. The van der Waals surface area contributed by atoms with E-state index in [0.29, 0.717) is 31.9 Å². The van der Waals surface area contributed by atoms with Crippen molar-refractivity contribution in [1.82, 2.24) is 30.0 Å². The molecule has 2 N–H and O–H groups in total. The topological polar surface area (TPSA) is 114 Å². The minimum atomic E-state index is -0.317. The first kappa shape index (κ1) is 19.7. The first-order valence-electron chi connectivity index (χ1n) is 9.08. The van der Waals surface area contributed by atoms with E-state index in [-0.39, 0.29) is 29.5 Å². The molecule has 10 heteroatoms. The summed E-state index contributed by atoms with van der Waals surface area (Å²) in [5.41, 5.74) is 1.18. The third-order valence-electron chi connectivity index (χ3n) is 4.81. The lowest BCUT2D eigenvalue weighted by atomic mass is 9.95. The van der Waals surface area contributed by atoms with Gasteiger partial charge in [-0.25, -0.2) is 9.97 Å². The summed E-state index contributed by atoms with van der Waals surface area (Å²) in [5.74, 6) is 0.247. The summed E-state index contributed by atoms with van der Waals surface area (Å²) in [4.78, 5) is 35.0. The third kappa shape index (κ3) is 4.28. The molecule has 2 aromatic rings. The van der Waals surface area contributed by atoms with Gasteiger partial charge in [0.05, 0.1) is 31.2 Å². The number of likely N-dealkylation sites (tertiary alicyclic amines) is 1. The number of amides is 2. The van der Waals surface area contributed by atoms with E-state index >= 15 is 0 Å². The van der Waals surface area contributed by atoms with Gasteiger partial charge in [-0.1, -0.05) is 0 Å². The minimum absolute atomic E-state index is 0.0447. The minimum Gasteiger partial charge on any atom is -0.383 e. The number of hydrogen-bond donors (Lipinski definition) is 2. The van der Waals surface area contributed by atoms with Crippen molar-refractivity contribution in [2.75, 3.05) is 39.2 Å². The van der Waals surface area contributed by atoms with Gasteiger partial charge in [0.1, 0.15) is 11.5 Å². The zero-order chi connectivity index (χ0) is 20.1. The smallest absolute Gasteiger partial charge is 0.271 e. The van der Waals surface area contributed by atoms with Gasteiger partial charge in [-0.3, -0.25) is 14.3 Å². The largest absolute Gasteiger partial charge is 0.383 e. The Morgan fingerprint density at radius 2 is 2.14 bits per heavy atom. The Hall–Kier alpha value is -3.01. The van der Waals surface area contributed by atoms with E-state index in [0.717, 1.165) is 5.56 Å². The number of rotatable bonds is 8. The highest BCUT2D eigenvalue weighted by molar-refractivity contribution is 5.92. The average molecular weight is 387 g/mol. The Bertz CT molecular complexity index is 821. The van der Waals surface area contributed by atoms with Gasteiger partial charge in [-0.05, 0) is 0 Å². The van der Waals surface area contributed by atoms with Gasteiger partial charge in [0.15, 0.2) is 0 Å². The molecule has 3 heterocycles. The third-order valence-corrected chi connectivity index (χ3v) is 4.81. The van der Waals surface area contributed by atoms with Crippen molar-refractivity contribution in [3.63, 3.8) is 0 Å². The van der Waals surface area contributed by atoms with Crippen LogP contribution in [0, 0.1) is 5.92 Å². The summed E-state index contributed by atoms with van der Waals surface area (Å²) in [6, 6.07) is -0.158. The van der Waals surface area contributed by atoms with E-state index in [1.165, 1.54) is 12.4 Å². The molecule has 1 saturated heterocycles. The molecule has 0 aromatic carbocycles. The summed E-state index contributed by atoms with van der Waals surface area (Å²) in [7, 11) is 5.18. The summed E-state index contributed by atoms with van der Waals surface area (Å²) in [6.07, 6.45) is 6.94. The van der Waals surface area contributed by atoms with Crippen LogP contribution in [0.3, 0.4) is 0 Å². The average Bonchev–Trinajstić information content (AvgIpc) is 3.26. The number of ether oxygens (including phenoxy) is 1. The molecule has 1 aliphatic heterocycles. The Morgan fingerprint density at radius 1 is 1.32 bits per heavy atom. The molecule has 150 valence electrons. The molecule has 2 amide bonds. The van der Waals surface area contributed by atoms with Crippen molar-refractivity contribution in [2.45, 2.75) is 12.5 Å². The lowest BCUT2D eigenvalue weighted by Crippen LogP contribution is -2.35. The zero-order valence-corrected chi connectivity index (χ0v) is 16.3. The van der Waals surface area contributed by atoms with Crippen LogP contribution in [-0.2, 0) is 16.6 Å². The molecule has 0 bridgehead atoms. The predicted molar refractivity (Wildman–Crippen MR) is 102 cm³/mol. The molecule has 28 heavy (non-hydrogen) atoms. The van der Waals surface area contributed by atoms with Crippen molar-refractivity contribution in [1.29, 1.82) is 0 Å². The van der Waals surface area contributed by atoms with E-state index in [9.17, 15) is 9.59 Å². The Balaban J connectivity index is 1.71. The predicted octanol–water partition coefficient (Wildman–Crippen LogP) is 0.218. The molecule has 3 rings (SSSR count). The molecule has 2 atom stereocenters. The number of carbonyl (C=O) groups excluding carboxylic acids is 2. The van der Waals surface area contributed by atoms with Crippen LogP contribution in [0.15, 0.2) is 24.8 Å². The van der Waals surface area contributed by atoms with Crippen LogP contribution in [0.5, 0.6) is 0 Å². The number of anilines is 1. The van der Waals surface area contributed by atoms with Crippen molar-refractivity contribution >= 4 is 17.6 Å². The van der Waals surface area contributed by atoms with Crippen molar-refractivity contribution in [3.8, 4) is 0 Å². The Kier molecular flexibility index (Phi) is 6.19. The standard InChI is InChI=1S/C18H25N7O3/c1-19-15-10-20-14(9-21-15)18(27)22-7-12-6-16(26)25(4-5-28-3)17(12)13-8-23-24(2)11-13/h8-12,17H,4-7H2,1-3H3,(H,19,21)(H,22,27)/t12-,17+/m0/s1. The van der Waals surface area contributed by atoms with Crippen LogP contribution in [0.2, 0.25) is 0 Å². The van der Waals surface area contributed by atoms with Crippen LogP contribution in [0.4, 0.5) is 5.82 Å². The van der Waals surface area contributed by atoms with Crippen LogP contribution < -0.4 is 10.6 Å². The number of aryl methyl sites for hydroxylation is 1. The summed E-state index contributed by atoms with van der Waals surface area (Å²) >= 11 is 0. The van der Waals surface area contributed by atoms with E-state index in [1.54, 1.807) is 29.9 Å². The second kappa shape index (κ2) is 8.79. The molecule has 0 unspecified atom stereocenters. The maximum absolute atomic E-state index is 12.6. The van der Waals surface area contributed by atoms with Gasteiger partial charge in [0.25, 0.3) is 5.91 Å². The number of nitrogens with one attached hydrogen (secondary N) is 2. The molecule has 0 aliphatic carbocycles. The fraction of sp³-hybridized carbons (Fsp3) is 0.500. The van der Waals surface area contributed by atoms with Gasteiger partial charge in [-0.15, -0.1) is 0 Å². The molecule has 1 fully saturated rings. The highest BCUT2D eigenvalue weighted by Gasteiger charge is 2.41.